The lowest BCUT2D eigenvalue weighted by molar-refractivity contribution is 0.200. The Morgan fingerprint density at radius 3 is 2.71 bits per heavy atom. The molecule has 1 aliphatic heterocycles. The van der Waals surface area contributed by atoms with E-state index < -0.39 is 0 Å². The van der Waals surface area contributed by atoms with E-state index in [1.807, 2.05) is 6.07 Å². The number of aliphatic hydroxyl groups is 1. The molecule has 0 aromatic heterocycles. The van der Waals surface area contributed by atoms with Crippen LogP contribution in [0.4, 0.5) is 0 Å². The zero-order valence-corrected chi connectivity index (χ0v) is 12.7. The molecule has 0 radical (unpaired) electrons. The summed E-state index contributed by atoms with van der Waals surface area (Å²) in [5.41, 5.74) is 1.23. The van der Waals surface area contributed by atoms with Gasteiger partial charge in [-0.15, -0.1) is 0 Å². The fraction of sp³-hybridized carbons (Fsp3) is 0.647. The van der Waals surface area contributed by atoms with Gasteiger partial charge in [-0.25, -0.2) is 0 Å². The quantitative estimate of drug-likeness (QED) is 0.875. The van der Waals surface area contributed by atoms with Crippen molar-refractivity contribution in [1.82, 2.24) is 5.32 Å². The molecule has 1 saturated heterocycles. The number of hydrogen-bond donors (Lipinski definition) is 2. The highest BCUT2D eigenvalue weighted by atomic mass is 16.5. The van der Waals surface area contributed by atoms with E-state index in [0.717, 1.165) is 37.3 Å². The first-order valence-corrected chi connectivity index (χ1v) is 8.00. The Hall–Kier alpha value is -1.26. The van der Waals surface area contributed by atoms with Crippen molar-refractivity contribution < 1.29 is 14.6 Å². The Morgan fingerprint density at radius 1 is 1.19 bits per heavy atom. The highest BCUT2D eigenvalue weighted by Crippen LogP contribution is 2.36. The molecule has 4 heteroatoms. The third-order valence-corrected chi connectivity index (χ3v) is 4.76. The second-order valence-electron chi connectivity index (χ2n) is 6.07. The summed E-state index contributed by atoms with van der Waals surface area (Å²) in [5.74, 6) is 2.01. The average molecular weight is 291 g/mol. The van der Waals surface area contributed by atoms with Crippen LogP contribution in [0.1, 0.15) is 43.6 Å². The maximum Gasteiger partial charge on any atom is 0.161 e. The monoisotopic (exact) mass is 291 g/mol. The number of aliphatic hydroxyl groups excluding tert-OH is 1. The number of ether oxygens (including phenoxy) is 2. The number of methoxy groups -OCH3 is 1. The van der Waals surface area contributed by atoms with Gasteiger partial charge < -0.3 is 19.9 Å². The van der Waals surface area contributed by atoms with Gasteiger partial charge in [0.05, 0.1) is 19.8 Å². The molecule has 1 heterocycles. The first kappa shape index (κ1) is 14.7. The van der Waals surface area contributed by atoms with Gasteiger partial charge in [0.25, 0.3) is 0 Å². The van der Waals surface area contributed by atoms with Crippen LogP contribution in [0.25, 0.3) is 0 Å². The number of nitrogens with one attached hydrogen (secondary N) is 1. The molecule has 0 amide bonds. The summed E-state index contributed by atoms with van der Waals surface area (Å²) >= 11 is 0. The minimum Gasteiger partial charge on any atom is -0.493 e. The van der Waals surface area contributed by atoms with Crippen molar-refractivity contribution in [2.75, 3.05) is 20.3 Å². The van der Waals surface area contributed by atoms with Gasteiger partial charge in [0.15, 0.2) is 11.5 Å². The van der Waals surface area contributed by atoms with Crippen molar-refractivity contribution in [2.45, 2.75) is 50.2 Å². The minimum absolute atomic E-state index is 0.151. The van der Waals surface area contributed by atoms with Crippen LogP contribution in [0.15, 0.2) is 18.2 Å². The normalized spacial score (nSPS) is 26.2. The van der Waals surface area contributed by atoms with E-state index in [0.29, 0.717) is 12.0 Å². The van der Waals surface area contributed by atoms with E-state index in [1.54, 1.807) is 7.11 Å². The second-order valence-corrected chi connectivity index (χ2v) is 6.07. The van der Waals surface area contributed by atoms with E-state index in [9.17, 15) is 5.11 Å². The molecular weight excluding hydrogens is 266 g/mol. The van der Waals surface area contributed by atoms with Gasteiger partial charge in [-0.3, -0.25) is 0 Å². The third-order valence-electron chi connectivity index (χ3n) is 4.76. The van der Waals surface area contributed by atoms with Crippen LogP contribution in [-0.2, 0) is 0 Å². The summed E-state index contributed by atoms with van der Waals surface area (Å²) in [6, 6.07) is 6.35. The Bertz CT molecular complexity index is 471. The molecule has 2 fully saturated rings. The summed E-state index contributed by atoms with van der Waals surface area (Å²) in [7, 11) is 1.68. The van der Waals surface area contributed by atoms with Crippen LogP contribution in [0.2, 0.25) is 0 Å². The fourth-order valence-electron chi connectivity index (χ4n) is 3.56. The molecule has 1 aromatic carbocycles. The zero-order valence-electron chi connectivity index (χ0n) is 12.7. The molecule has 4 nitrogen and oxygen atoms in total. The van der Waals surface area contributed by atoms with Crippen molar-refractivity contribution in [3.63, 3.8) is 0 Å². The van der Waals surface area contributed by atoms with Crippen molar-refractivity contribution in [3.05, 3.63) is 23.8 Å². The Balaban J connectivity index is 1.81. The predicted molar refractivity (Wildman–Crippen MR) is 82.1 cm³/mol. The van der Waals surface area contributed by atoms with Crippen LogP contribution in [0.5, 0.6) is 11.5 Å². The highest BCUT2D eigenvalue weighted by molar-refractivity contribution is 5.44. The van der Waals surface area contributed by atoms with Gasteiger partial charge in [0.1, 0.15) is 0 Å². The Morgan fingerprint density at radius 2 is 2.00 bits per heavy atom. The van der Waals surface area contributed by atoms with Crippen molar-refractivity contribution in [1.29, 1.82) is 0 Å². The number of hydrogen-bond acceptors (Lipinski definition) is 4. The average Bonchev–Trinajstić information content (AvgIpc) is 3.18. The van der Waals surface area contributed by atoms with Crippen LogP contribution in [0, 0.1) is 0 Å². The fourth-order valence-corrected chi connectivity index (χ4v) is 3.56. The maximum atomic E-state index is 9.48. The largest absolute Gasteiger partial charge is 0.493 e. The molecule has 0 bridgehead atoms. The van der Waals surface area contributed by atoms with Gasteiger partial charge in [0.2, 0.25) is 0 Å². The van der Waals surface area contributed by atoms with Gasteiger partial charge >= 0.3 is 0 Å². The lowest BCUT2D eigenvalue weighted by atomic mass is 9.92. The summed E-state index contributed by atoms with van der Waals surface area (Å²) in [5, 5.41) is 12.8. The Kier molecular flexibility index (Phi) is 4.66. The standard InChI is InChI=1S/C17H25NO3/c1-20-16-7-6-12(14-8-9-18-15(14)11-19)10-17(16)21-13-4-2-3-5-13/h6-7,10,13-15,18-19H,2-5,8-9,11H2,1H3/t14-,15+/m1/s1. The molecular formula is C17H25NO3. The molecule has 116 valence electrons. The lowest BCUT2D eigenvalue weighted by Gasteiger charge is -2.21. The van der Waals surface area contributed by atoms with Gasteiger partial charge in [-0.05, 0) is 56.3 Å². The third kappa shape index (κ3) is 3.16. The summed E-state index contributed by atoms with van der Waals surface area (Å²) < 4.78 is 11.6. The second kappa shape index (κ2) is 6.67. The zero-order chi connectivity index (χ0) is 14.7. The predicted octanol–water partition coefficient (Wildman–Crippen LogP) is 2.45. The van der Waals surface area contributed by atoms with E-state index in [-0.39, 0.29) is 12.6 Å². The number of benzene rings is 1. The Labute approximate surface area is 126 Å². The topological polar surface area (TPSA) is 50.7 Å². The van der Waals surface area contributed by atoms with Crippen LogP contribution in [0.3, 0.4) is 0 Å². The maximum absolute atomic E-state index is 9.48. The van der Waals surface area contributed by atoms with E-state index in [4.69, 9.17) is 9.47 Å². The van der Waals surface area contributed by atoms with Crippen LogP contribution < -0.4 is 14.8 Å². The summed E-state index contributed by atoms with van der Waals surface area (Å²) in [6.07, 6.45) is 6.16. The first-order valence-electron chi connectivity index (χ1n) is 8.00. The lowest BCUT2D eigenvalue weighted by Crippen LogP contribution is -2.29. The van der Waals surface area contributed by atoms with Gasteiger partial charge in [-0.1, -0.05) is 6.07 Å². The molecule has 0 unspecified atom stereocenters. The molecule has 1 saturated carbocycles. The van der Waals surface area contributed by atoms with Gasteiger partial charge in [-0.2, -0.15) is 0 Å². The summed E-state index contributed by atoms with van der Waals surface area (Å²) in [6.45, 7) is 1.14. The molecule has 1 aliphatic carbocycles. The van der Waals surface area contributed by atoms with Crippen molar-refractivity contribution in [2.24, 2.45) is 0 Å². The molecule has 1 aromatic rings. The van der Waals surface area contributed by atoms with E-state index >= 15 is 0 Å². The number of rotatable bonds is 5. The minimum atomic E-state index is 0.151. The van der Waals surface area contributed by atoms with Crippen molar-refractivity contribution in [3.8, 4) is 11.5 Å². The molecule has 0 spiro atoms. The van der Waals surface area contributed by atoms with Gasteiger partial charge in [0, 0.05) is 12.0 Å². The van der Waals surface area contributed by atoms with E-state index in [2.05, 4.69) is 17.4 Å². The molecule has 2 aliphatic rings. The van der Waals surface area contributed by atoms with Crippen LogP contribution in [-0.4, -0.2) is 37.5 Å². The molecule has 21 heavy (non-hydrogen) atoms. The molecule has 2 N–H and O–H groups in total. The SMILES string of the molecule is COc1ccc([C@H]2CCN[C@H]2CO)cc1OC1CCCC1. The molecule has 2 atom stereocenters. The smallest absolute Gasteiger partial charge is 0.161 e. The van der Waals surface area contributed by atoms with Crippen LogP contribution >= 0.6 is 0 Å². The van der Waals surface area contributed by atoms with Crippen molar-refractivity contribution >= 4 is 0 Å². The first-order chi connectivity index (χ1) is 10.3. The van der Waals surface area contributed by atoms with E-state index in [1.165, 1.54) is 18.4 Å². The molecule has 3 rings (SSSR count). The summed E-state index contributed by atoms with van der Waals surface area (Å²) in [4.78, 5) is 0. The highest BCUT2D eigenvalue weighted by Gasteiger charge is 2.28.